The molecule has 0 radical (unpaired) electrons. The van der Waals surface area contributed by atoms with Crippen LogP contribution in [-0.4, -0.2) is 16.1 Å². The zero-order valence-corrected chi connectivity index (χ0v) is 11.5. The lowest BCUT2D eigenvalue weighted by atomic mass is 10.1. The number of aromatic carboxylic acids is 1. The van der Waals surface area contributed by atoms with Crippen LogP contribution in [0.3, 0.4) is 0 Å². The molecule has 0 saturated heterocycles. The molecular weight excluding hydrogens is 290 g/mol. The first kappa shape index (κ1) is 13.4. The summed E-state index contributed by atoms with van der Waals surface area (Å²) in [7, 11) is 0. The van der Waals surface area contributed by atoms with E-state index in [1.807, 2.05) is 18.2 Å². The average molecular weight is 300 g/mol. The van der Waals surface area contributed by atoms with Crippen molar-refractivity contribution in [1.82, 2.24) is 4.98 Å². The fourth-order valence-corrected chi connectivity index (χ4v) is 2.22. The molecule has 5 heteroatoms. The number of aromatic nitrogens is 1. The van der Waals surface area contributed by atoms with Gasteiger partial charge in [-0.25, -0.2) is 9.78 Å². The Labute approximate surface area is 125 Å². The molecule has 104 valence electrons. The first-order valence-electron chi connectivity index (χ1n) is 6.21. The summed E-state index contributed by atoms with van der Waals surface area (Å²) in [6.07, 6.45) is 0. The van der Waals surface area contributed by atoms with E-state index in [2.05, 4.69) is 4.98 Å². The molecule has 0 spiro atoms. The summed E-state index contributed by atoms with van der Waals surface area (Å²) in [5, 5.41) is 9.73. The summed E-state index contributed by atoms with van der Waals surface area (Å²) >= 11 is 6.11. The minimum absolute atomic E-state index is 0.151. The van der Waals surface area contributed by atoms with Crippen LogP contribution in [0.4, 0.5) is 0 Å². The Morgan fingerprint density at radius 3 is 2.38 bits per heavy atom. The van der Waals surface area contributed by atoms with Crippen LogP contribution < -0.4 is 0 Å². The molecule has 1 aromatic heterocycles. The third kappa shape index (κ3) is 2.53. The van der Waals surface area contributed by atoms with Crippen LogP contribution in [-0.2, 0) is 0 Å². The van der Waals surface area contributed by atoms with E-state index in [1.54, 1.807) is 36.4 Å². The molecular formula is C16H10ClNO3. The van der Waals surface area contributed by atoms with Gasteiger partial charge in [0, 0.05) is 11.1 Å². The lowest BCUT2D eigenvalue weighted by Gasteiger charge is -2.00. The number of benzene rings is 2. The number of hydrogen-bond acceptors (Lipinski definition) is 3. The van der Waals surface area contributed by atoms with E-state index >= 15 is 0 Å². The van der Waals surface area contributed by atoms with Crippen molar-refractivity contribution < 1.29 is 14.3 Å². The van der Waals surface area contributed by atoms with Gasteiger partial charge in [0.15, 0.2) is 11.5 Å². The Morgan fingerprint density at radius 1 is 1.05 bits per heavy atom. The number of halogens is 1. The third-order valence-corrected chi connectivity index (χ3v) is 3.30. The van der Waals surface area contributed by atoms with Crippen molar-refractivity contribution in [2.45, 2.75) is 0 Å². The third-order valence-electron chi connectivity index (χ3n) is 2.97. The number of hydrogen-bond donors (Lipinski definition) is 1. The monoisotopic (exact) mass is 299 g/mol. The first-order chi connectivity index (χ1) is 10.2. The standard InChI is InChI=1S/C16H10ClNO3/c17-12-9-5-4-8-11(12)14-13(16(19)20)18-15(21-14)10-6-2-1-3-7-10/h1-9H,(H,19,20). The van der Waals surface area contributed by atoms with Crippen LogP contribution in [0.1, 0.15) is 10.5 Å². The van der Waals surface area contributed by atoms with Crippen LogP contribution in [0.15, 0.2) is 59.0 Å². The van der Waals surface area contributed by atoms with Gasteiger partial charge in [0.1, 0.15) is 0 Å². The zero-order chi connectivity index (χ0) is 14.8. The fraction of sp³-hybridized carbons (Fsp3) is 0. The Hall–Kier alpha value is -2.59. The lowest BCUT2D eigenvalue weighted by molar-refractivity contribution is 0.0691. The summed E-state index contributed by atoms with van der Waals surface area (Å²) in [6, 6.07) is 16.0. The maximum absolute atomic E-state index is 11.4. The number of rotatable bonds is 3. The minimum Gasteiger partial charge on any atom is -0.476 e. The summed E-state index contributed by atoms with van der Waals surface area (Å²) in [5.74, 6) is -0.745. The fourth-order valence-electron chi connectivity index (χ4n) is 2.00. The Bertz CT molecular complexity index is 796. The molecule has 21 heavy (non-hydrogen) atoms. The van der Waals surface area contributed by atoms with Crippen LogP contribution in [0.25, 0.3) is 22.8 Å². The quantitative estimate of drug-likeness (QED) is 0.780. The van der Waals surface area contributed by atoms with Gasteiger partial charge in [-0.3, -0.25) is 0 Å². The van der Waals surface area contributed by atoms with Gasteiger partial charge in [0.05, 0.1) is 5.02 Å². The van der Waals surface area contributed by atoms with Gasteiger partial charge in [0.2, 0.25) is 5.89 Å². The highest BCUT2D eigenvalue weighted by atomic mass is 35.5. The summed E-state index contributed by atoms with van der Waals surface area (Å²) < 4.78 is 5.65. The average Bonchev–Trinajstić information content (AvgIpc) is 2.94. The van der Waals surface area contributed by atoms with E-state index in [0.29, 0.717) is 16.1 Å². The Morgan fingerprint density at radius 2 is 1.71 bits per heavy atom. The van der Waals surface area contributed by atoms with E-state index in [0.717, 1.165) is 0 Å². The normalized spacial score (nSPS) is 10.5. The number of carboxylic acid groups (broad SMARTS) is 1. The van der Waals surface area contributed by atoms with Gasteiger partial charge in [0.25, 0.3) is 0 Å². The molecule has 0 fully saturated rings. The molecule has 0 bridgehead atoms. The summed E-state index contributed by atoms with van der Waals surface area (Å²) in [4.78, 5) is 15.5. The van der Waals surface area contributed by atoms with Gasteiger partial charge in [-0.1, -0.05) is 41.9 Å². The summed E-state index contributed by atoms with van der Waals surface area (Å²) in [6.45, 7) is 0. The topological polar surface area (TPSA) is 63.3 Å². The van der Waals surface area contributed by atoms with Crippen molar-refractivity contribution >= 4 is 17.6 Å². The largest absolute Gasteiger partial charge is 0.476 e. The van der Waals surface area contributed by atoms with Gasteiger partial charge in [-0.15, -0.1) is 0 Å². The second-order valence-corrected chi connectivity index (χ2v) is 4.75. The number of nitrogens with zero attached hydrogens (tertiary/aromatic N) is 1. The van der Waals surface area contributed by atoms with E-state index in [4.69, 9.17) is 16.0 Å². The first-order valence-corrected chi connectivity index (χ1v) is 6.59. The van der Waals surface area contributed by atoms with Crippen LogP contribution >= 0.6 is 11.6 Å². The highest BCUT2D eigenvalue weighted by Crippen LogP contribution is 2.33. The van der Waals surface area contributed by atoms with E-state index in [9.17, 15) is 9.90 Å². The van der Waals surface area contributed by atoms with Gasteiger partial charge < -0.3 is 9.52 Å². The van der Waals surface area contributed by atoms with Crippen molar-refractivity contribution in [2.75, 3.05) is 0 Å². The number of carboxylic acids is 1. The van der Waals surface area contributed by atoms with E-state index in [1.165, 1.54) is 0 Å². The molecule has 1 heterocycles. The van der Waals surface area contributed by atoms with Gasteiger partial charge in [-0.2, -0.15) is 0 Å². The molecule has 1 N–H and O–H groups in total. The van der Waals surface area contributed by atoms with Crippen molar-refractivity contribution in [3.05, 3.63) is 65.3 Å². The maximum atomic E-state index is 11.4. The Kier molecular flexibility index (Phi) is 3.46. The van der Waals surface area contributed by atoms with Crippen LogP contribution in [0.5, 0.6) is 0 Å². The second-order valence-electron chi connectivity index (χ2n) is 4.35. The molecule has 0 aliphatic carbocycles. The molecule has 3 rings (SSSR count). The lowest BCUT2D eigenvalue weighted by Crippen LogP contribution is -1.99. The molecule has 0 unspecified atom stereocenters. The molecule has 2 aromatic carbocycles. The van der Waals surface area contributed by atoms with Crippen molar-refractivity contribution in [3.63, 3.8) is 0 Å². The predicted octanol–water partition coefficient (Wildman–Crippen LogP) is 4.36. The molecule has 0 amide bonds. The van der Waals surface area contributed by atoms with E-state index < -0.39 is 5.97 Å². The molecule has 3 aromatic rings. The SMILES string of the molecule is O=C(O)c1nc(-c2ccccc2)oc1-c1ccccc1Cl. The molecule has 0 saturated carbocycles. The van der Waals surface area contributed by atoms with Gasteiger partial charge >= 0.3 is 5.97 Å². The predicted molar refractivity (Wildman–Crippen MR) is 79.3 cm³/mol. The highest BCUT2D eigenvalue weighted by Gasteiger charge is 2.22. The second kappa shape index (κ2) is 5.42. The maximum Gasteiger partial charge on any atom is 0.358 e. The molecule has 0 aliphatic heterocycles. The van der Waals surface area contributed by atoms with Crippen molar-refractivity contribution in [1.29, 1.82) is 0 Å². The number of oxazole rings is 1. The molecule has 4 nitrogen and oxygen atoms in total. The smallest absolute Gasteiger partial charge is 0.358 e. The van der Waals surface area contributed by atoms with Crippen LogP contribution in [0.2, 0.25) is 5.02 Å². The molecule has 0 aliphatic rings. The minimum atomic E-state index is -1.16. The zero-order valence-electron chi connectivity index (χ0n) is 10.8. The van der Waals surface area contributed by atoms with E-state index in [-0.39, 0.29) is 17.3 Å². The van der Waals surface area contributed by atoms with Crippen LogP contribution in [0, 0.1) is 0 Å². The summed E-state index contributed by atoms with van der Waals surface area (Å²) in [5.41, 5.74) is 1.06. The Balaban J connectivity index is 2.19. The highest BCUT2D eigenvalue weighted by molar-refractivity contribution is 6.33. The number of carbonyl (C=O) groups is 1. The van der Waals surface area contributed by atoms with Gasteiger partial charge in [-0.05, 0) is 24.3 Å². The molecule has 0 atom stereocenters. The van der Waals surface area contributed by atoms with Crippen molar-refractivity contribution in [2.24, 2.45) is 0 Å². The van der Waals surface area contributed by atoms with Crippen molar-refractivity contribution in [3.8, 4) is 22.8 Å².